The number of fused-ring (bicyclic) bond motifs is 1. The number of alkyl halides is 6. The first-order chi connectivity index (χ1) is 13.0. The molecule has 9 heteroatoms. The van der Waals surface area contributed by atoms with Crippen LogP contribution >= 0.6 is 0 Å². The van der Waals surface area contributed by atoms with Crippen LogP contribution < -0.4 is 4.90 Å². The number of anilines is 1. The molecule has 4 aliphatic carbocycles. The van der Waals surface area contributed by atoms with Crippen molar-refractivity contribution in [3.63, 3.8) is 0 Å². The molecule has 150 valence electrons. The molecule has 2 bridgehead atoms. The van der Waals surface area contributed by atoms with Crippen molar-refractivity contribution < 1.29 is 35.9 Å². The normalized spacial score (nSPS) is 36.6. The van der Waals surface area contributed by atoms with E-state index in [2.05, 4.69) is 0 Å². The smallest absolute Gasteiger partial charge is 0.274 e. The number of rotatable bonds is 1. The fraction of sp³-hybridized carbons (Fsp3) is 0.579. The average Bonchev–Trinajstić information content (AvgIpc) is 3.37. The van der Waals surface area contributed by atoms with Crippen LogP contribution in [0.15, 0.2) is 18.2 Å². The third kappa shape index (κ3) is 2.37. The van der Waals surface area contributed by atoms with E-state index in [-0.39, 0.29) is 17.9 Å². The SMILES string of the molecule is O=C1[C@@H]2[C@@H]3CC[C@@H]([C@@H]4C[C@@H]43)[C@@H]2C(=O)N1c1cc(C(F)(F)F)cc(C(F)(F)F)c1. The highest BCUT2D eigenvalue weighted by atomic mass is 19.4. The lowest BCUT2D eigenvalue weighted by molar-refractivity contribution is -0.143. The van der Waals surface area contributed by atoms with Crippen LogP contribution in [-0.2, 0) is 21.9 Å². The maximum atomic E-state index is 13.1. The molecule has 6 rings (SSSR count). The van der Waals surface area contributed by atoms with Crippen LogP contribution in [0.5, 0.6) is 0 Å². The predicted octanol–water partition coefficient (Wildman–Crippen LogP) is 4.51. The van der Waals surface area contributed by atoms with E-state index in [1.807, 2.05) is 0 Å². The van der Waals surface area contributed by atoms with E-state index in [1.54, 1.807) is 0 Å². The van der Waals surface area contributed by atoms with Crippen LogP contribution in [0, 0.1) is 35.5 Å². The molecule has 0 unspecified atom stereocenters. The van der Waals surface area contributed by atoms with Crippen molar-refractivity contribution in [1.82, 2.24) is 0 Å². The lowest BCUT2D eigenvalue weighted by Gasteiger charge is -2.42. The van der Waals surface area contributed by atoms with Crippen molar-refractivity contribution in [3.8, 4) is 0 Å². The average molecular weight is 403 g/mol. The van der Waals surface area contributed by atoms with E-state index < -0.39 is 52.8 Å². The quantitative estimate of drug-likeness (QED) is 0.511. The monoisotopic (exact) mass is 403 g/mol. The number of hydrogen-bond acceptors (Lipinski definition) is 2. The fourth-order valence-electron chi connectivity index (χ4n) is 5.86. The van der Waals surface area contributed by atoms with Gasteiger partial charge in [-0.2, -0.15) is 26.3 Å². The molecular weight excluding hydrogens is 388 g/mol. The third-order valence-corrected chi connectivity index (χ3v) is 6.98. The van der Waals surface area contributed by atoms with E-state index in [9.17, 15) is 35.9 Å². The third-order valence-electron chi connectivity index (χ3n) is 6.98. The molecule has 6 atom stereocenters. The largest absolute Gasteiger partial charge is 0.416 e. The van der Waals surface area contributed by atoms with Crippen molar-refractivity contribution in [1.29, 1.82) is 0 Å². The second-order valence-electron chi connectivity index (χ2n) is 8.30. The van der Waals surface area contributed by atoms with Crippen molar-refractivity contribution in [3.05, 3.63) is 29.3 Å². The molecule has 0 N–H and O–H groups in total. The van der Waals surface area contributed by atoms with Gasteiger partial charge >= 0.3 is 12.4 Å². The van der Waals surface area contributed by atoms with Crippen LogP contribution in [0.3, 0.4) is 0 Å². The Balaban J connectivity index is 1.60. The summed E-state index contributed by atoms with van der Waals surface area (Å²) in [6.45, 7) is 0. The maximum Gasteiger partial charge on any atom is 0.416 e. The first-order valence-electron chi connectivity index (χ1n) is 9.16. The van der Waals surface area contributed by atoms with Crippen LogP contribution in [-0.4, -0.2) is 11.8 Å². The molecular formula is C19H15F6NO2. The van der Waals surface area contributed by atoms with Gasteiger partial charge < -0.3 is 0 Å². The summed E-state index contributed by atoms with van der Waals surface area (Å²) in [5.74, 6) is -1.78. The molecule has 1 heterocycles. The summed E-state index contributed by atoms with van der Waals surface area (Å²) >= 11 is 0. The molecule has 1 aromatic carbocycles. The molecule has 2 amide bonds. The highest BCUT2D eigenvalue weighted by Gasteiger charge is 2.68. The van der Waals surface area contributed by atoms with Crippen molar-refractivity contribution in [2.24, 2.45) is 35.5 Å². The van der Waals surface area contributed by atoms with Gasteiger partial charge in [0.1, 0.15) is 0 Å². The summed E-state index contributed by atoms with van der Waals surface area (Å²) < 4.78 is 78.9. The first kappa shape index (κ1) is 18.0. The molecule has 1 saturated heterocycles. The predicted molar refractivity (Wildman–Crippen MR) is 83.7 cm³/mol. The second kappa shape index (κ2) is 5.30. The molecule has 0 radical (unpaired) electrons. The Hall–Kier alpha value is -2.06. The van der Waals surface area contributed by atoms with Gasteiger partial charge in [0, 0.05) is 0 Å². The molecule has 28 heavy (non-hydrogen) atoms. The van der Waals surface area contributed by atoms with Crippen molar-refractivity contribution in [2.75, 3.05) is 4.90 Å². The van der Waals surface area contributed by atoms with E-state index in [4.69, 9.17) is 0 Å². The lowest BCUT2D eigenvalue weighted by atomic mass is 9.59. The van der Waals surface area contributed by atoms with Crippen molar-refractivity contribution in [2.45, 2.75) is 31.6 Å². The standard InChI is InChI=1S/C19H15F6NO2/c20-18(21,22)7-3-8(19(23,24)25)5-9(4-7)26-16(27)14-10-1-2-11(13-6-12(10)13)15(14)17(26)28/h3-5,10-15H,1-2,6H2/t10-,11+,12-,13+,14-,15+. The van der Waals surface area contributed by atoms with Gasteiger partial charge in [-0.05, 0) is 61.1 Å². The number of benzene rings is 1. The number of hydrogen-bond donors (Lipinski definition) is 0. The Morgan fingerprint density at radius 2 is 1.14 bits per heavy atom. The van der Waals surface area contributed by atoms with E-state index in [0.29, 0.717) is 28.9 Å². The Kier molecular flexibility index (Phi) is 3.41. The molecule has 3 nitrogen and oxygen atoms in total. The van der Waals surface area contributed by atoms with Gasteiger partial charge in [0.05, 0.1) is 28.7 Å². The van der Waals surface area contributed by atoms with Gasteiger partial charge in [-0.25, -0.2) is 0 Å². The molecule has 1 aromatic rings. The van der Waals surface area contributed by atoms with Crippen LogP contribution in [0.25, 0.3) is 0 Å². The van der Waals surface area contributed by atoms with Crippen molar-refractivity contribution >= 4 is 17.5 Å². The summed E-state index contributed by atoms with van der Waals surface area (Å²) in [6, 6.07) is 0.927. The van der Waals surface area contributed by atoms with Crippen LogP contribution in [0.1, 0.15) is 30.4 Å². The van der Waals surface area contributed by atoms with Gasteiger partial charge in [-0.1, -0.05) is 0 Å². The number of carbonyl (C=O) groups is 2. The zero-order chi connectivity index (χ0) is 20.2. The zero-order valence-corrected chi connectivity index (χ0v) is 14.3. The molecule has 0 aromatic heterocycles. The topological polar surface area (TPSA) is 37.4 Å². The minimum absolute atomic E-state index is 0.000454. The van der Waals surface area contributed by atoms with Gasteiger partial charge in [0.15, 0.2) is 0 Å². The Labute approximate surface area is 155 Å². The fourth-order valence-corrected chi connectivity index (χ4v) is 5.86. The second-order valence-corrected chi connectivity index (χ2v) is 8.30. The molecule has 5 fully saturated rings. The molecule has 4 saturated carbocycles. The molecule has 5 aliphatic rings. The van der Waals surface area contributed by atoms with Gasteiger partial charge in [0.2, 0.25) is 11.8 Å². The number of amides is 2. The summed E-state index contributed by atoms with van der Waals surface area (Å²) in [4.78, 5) is 26.5. The number of halogens is 6. The number of imide groups is 1. The Bertz CT molecular complexity index is 825. The lowest BCUT2D eigenvalue weighted by Crippen LogP contribution is -2.43. The van der Waals surface area contributed by atoms with Crippen LogP contribution in [0.2, 0.25) is 0 Å². The van der Waals surface area contributed by atoms with E-state index in [0.717, 1.165) is 19.3 Å². The summed E-state index contributed by atoms with van der Waals surface area (Å²) in [7, 11) is 0. The minimum Gasteiger partial charge on any atom is -0.274 e. The summed E-state index contributed by atoms with van der Waals surface area (Å²) in [6.07, 6.45) is -7.53. The number of nitrogens with zero attached hydrogens (tertiary/aromatic N) is 1. The summed E-state index contributed by atoms with van der Waals surface area (Å²) in [5.41, 5.74) is -3.70. The zero-order valence-electron chi connectivity index (χ0n) is 14.3. The first-order valence-corrected chi connectivity index (χ1v) is 9.16. The minimum atomic E-state index is -5.03. The summed E-state index contributed by atoms with van der Waals surface area (Å²) in [5, 5.41) is 0. The van der Waals surface area contributed by atoms with Gasteiger partial charge in [0.25, 0.3) is 0 Å². The highest BCUT2D eigenvalue weighted by Crippen LogP contribution is 2.68. The number of carbonyl (C=O) groups excluding carboxylic acids is 2. The van der Waals surface area contributed by atoms with Gasteiger partial charge in [-0.15, -0.1) is 0 Å². The molecule has 1 aliphatic heterocycles. The Morgan fingerprint density at radius 1 is 0.714 bits per heavy atom. The molecule has 0 spiro atoms. The van der Waals surface area contributed by atoms with Gasteiger partial charge in [-0.3, -0.25) is 14.5 Å². The van der Waals surface area contributed by atoms with E-state index >= 15 is 0 Å². The maximum absolute atomic E-state index is 13.1. The Morgan fingerprint density at radius 3 is 1.54 bits per heavy atom. The van der Waals surface area contributed by atoms with Crippen LogP contribution in [0.4, 0.5) is 32.0 Å². The highest BCUT2D eigenvalue weighted by molar-refractivity contribution is 6.22. The van der Waals surface area contributed by atoms with E-state index in [1.165, 1.54) is 0 Å².